The number of nitrogens with zero attached hydrogens (tertiary/aromatic N) is 2. The van der Waals surface area contributed by atoms with E-state index in [9.17, 15) is 0 Å². The van der Waals surface area contributed by atoms with Crippen molar-refractivity contribution in [3.8, 4) is 0 Å². The number of aryl methyl sites for hydroxylation is 1. The maximum atomic E-state index is 6.12. The largest absolute Gasteiger partial charge is 0.323 e. The Hall–Kier alpha value is -0.910. The first-order valence-electron chi connectivity index (χ1n) is 4.97. The first-order valence-corrected chi connectivity index (χ1v) is 6.73. The Labute approximate surface area is 103 Å². The van der Waals surface area contributed by atoms with E-state index >= 15 is 0 Å². The molecule has 5 heteroatoms. The molecule has 0 aliphatic carbocycles. The summed E-state index contributed by atoms with van der Waals surface area (Å²) in [5.74, 6) is 0.832. The van der Waals surface area contributed by atoms with Crippen LogP contribution >= 0.6 is 23.3 Å². The van der Waals surface area contributed by atoms with Crippen molar-refractivity contribution in [1.82, 2.24) is 9.36 Å². The Morgan fingerprint density at radius 3 is 3.06 bits per heavy atom. The summed E-state index contributed by atoms with van der Waals surface area (Å²) in [6, 6.07) is 8.37. The van der Waals surface area contributed by atoms with E-state index in [1.807, 2.05) is 6.07 Å². The van der Waals surface area contributed by atoms with Crippen molar-refractivity contribution in [2.24, 2.45) is 5.73 Å². The number of nitrogens with two attached hydrogens (primary N) is 1. The lowest BCUT2D eigenvalue weighted by atomic mass is 10.1. The van der Waals surface area contributed by atoms with E-state index in [0.717, 1.165) is 10.1 Å². The Morgan fingerprint density at radius 1 is 1.50 bits per heavy atom. The van der Waals surface area contributed by atoms with E-state index in [2.05, 4.69) is 34.5 Å². The number of rotatable bonds is 4. The quantitative estimate of drug-likeness (QED) is 0.849. The fourth-order valence-electron chi connectivity index (χ4n) is 1.38. The maximum Gasteiger partial charge on any atom is 0.169 e. The van der Waals surface area contributed by atoms with Gasteiger partial charge in [0.05, 0.1) is 0 Å². The molecule has 2 N–H and O–H groups in total. The van der Waals surface area contributed by atoms with Crippen molar-refractivity contribution < 1.29 is 0 Å². The molecule has 1 heterocycles. The summed E-state index contributed by atoms with van der Waals surface area (Å²) in [4.78, 5) is 4.11. The lowest BCUT2D eigenvalue weighted by molar-refractivity contribution is 0.829. The van der Waals surface area contributed by atoms with E-state index < -0.39 is 0 Å². The first kappa shape index (κ1) is 11.6. The number of thioether (sulfide) groups is 1. The van der Waals surface area contributed by atoms with Crippen molar-refractivity contribution in [1.29, 1.82) is 0 Å². The monoisotopic (exact) mass is 251 g/mol. The van der Waals surface area contributed by atoms with E-state index in [0.29, 0.717) is 0 Å². The predicted molar refractivity (Wildman–Crippen MR) is 68.7 cm³/mol. The van der Waals surface area contributed by atoms with Crippen molar-refractivity contribution in [3.63, 3.8) is 0 Å². The van der Waals surface area contributed by atoms with Gasteiger partial charge in [0.2, 0.25) is 0 Å². The van der Waals surface area contributed by atoms with Crippen LogP contribution in [0.1, 0.15) is 17.2 Å². The number of aromatic nitrogens is 2. The van der Waals surface area contributed by atoms with Crippen LogP contribution in [0.25, 0.3) is 0 Å². The summed E-state index contributed by atoms with van der Waals surface area (Å²) >= 11 is 3.07. The minimum absolute atomic E-state index is 0.0498. The van der Waals surface area contributed by atoms with Gasteiger partial charge in [-0.05, 0) is 24.0 Å². The van der Waals surface area contributed by atoms with Crippen molar-refractivity contribution >= 4 is 23.3 Å². The van der Waals surface area contributed by atoms with Crippen molar-refractivity contribution in [2.75, 3.05) is 5.75 Å². The first-order chi connectivity index (χ1) is 7.75. The van der Waals surface area contributed by atoms with Gasteiger partial charge in [0.15, 0.2) is 4.34 Å². The highest BCUT2D eigenvalue weighted by Crippen LogP contribution is 2.24. The summed E-state index contributed by atoms with van der Waals surface area (Å²) in [7, 11) is 0. The van der Waals surface area contributed by atoms with Gasteiger partial charge in [-0.1, -0.05) is 41.6 Å². The topological polar surface area (TPSA) is 51.8 Å². The predicted octanol–water partition coefficient (Wildman–Crippen LogP) is 2.64. The normalized spacial score (nSPS) is 12.6. The second-order valence-corrected chi connectivity index (χ2v) is 5.59. The van der Waals surface area contributed by atoms with Gasteiger partial charge in [0.1, 0.15) is 6.33 Å². The molecule has 0 spiro atoms. The fraction of sp³-hybridized carbons (Fsp3) is 0.273. The molecule has 1 unspecified atom stereocenters. The van der Waals surface area contributed by atoms with Crippen LogP contribution in [0.3, 0.4) is 0 Å². The van der Waals surface area contributed by atoms with E-state index in [1.54, 1.807) is 18.1 Å². The highest BCUT2D eigenvalue weighted by Gasteiger charge is 2.07. The lowest BCUT2D eigenvalue weighted by Crippen LogP contribution is -2.12. The molecule has 16 heavy (non-hydrogen) atoms. The molecular formula is C11H13N3S2. The molecule has 1 aromatic carbocycles. The standard InChI is InChI=1S/C11H13N3S2/c1-8-3-2-4-9(5-8)10(12)6-15-11-13-7-14-16-11/h2-5,7,10H,6,12H2,1H3. The summed E-state index contributed by atoms with van der Waals surface area (Å²) in [5, 5.41) is 0. The van der Waals surface area contributed by atoms with Gasteiger partial charge in [0, 0.05) is 11.8 Å². The molecule has 0 radical (unpaired) electrons. The highest BCUT2D eigenvalue weighted by atomic mass is 32.2. The van der Waals surface area contributed by atoms with E-state index in [-0.39, 0.29) is 6.04 Å². The Balaban J connectivity index is 1.95. The average molecular weight is 251 g/mol. The third-order valence-electron chi connectivity index (χ3n) is 2.20. The van der Waals surface area contributed by atoms with Gasteiger partial charge in [-0.25, -0.2) is 4.98 Å². The van der Waals surface area contributed by atoms with Gasteiger partial charge >= 0.3 is 0 Å². The summed E-state index contributed by atoms with van der Waals surface area (Å²) in [5.41, 5.74) is 8.54. The van der Waals surface area contributed by atoms with Crippen LogP contribution in [-0.4, -0.2) is 15.1 Å². The number of benzene rings is 1. The molecule has 0 saturated heterocycles. The minimum Gasteiger partial charge on any atom is -0.323 e. The second kappa shape index (κ2) is 5.43. The van der Waals surface area contributed by atoms with Crippen LogP contribution in [-0.2, 0) is 0 Å². The number of hydrogen-bond acceptors (Lipinski definition) is 5. The van der Waals surface area contributed by atoms with Gasteiger partial charge in [-0.15, -0.1) is 0 Å². The van der Waals surface area contributed by atoms with Gasteiger partial charge in [-0.2, -0.15) is 4.37 Å². The summed E-state index contributed by atoms with van der Waals surface area (Å²) in [6.07, 6.45) is 1.57. The van der Waals surface area contributed by atoms with Gasteiger partial charge < -0.3 is 5.73 Å². The summed E-state index contributed by atoms with van der Waals surface area (Å²) < 4.78 is 4.93. The Kier molecular flexibility index (Phi) is 3.93. The zero-order chi connectivity index (χ0) is 11.4. The van der Waals surface area contributed by atoms with Crippen LogP contribution in [0, 0.1) is 6.92 Å². The van der Waals surface area contributed by atoms with Crippen molar-refractivity contribution in [3.05, 3.63) is 41.7 Å². The SMILES string of the molecule is Cc1cccc(C(N)CSc2ncns2)c1. The molecule has 3 nitrogen and oxygen atoms in total. The van der Waals surface area contributed by atoms with Crippen LogP contribution < -0.4 is 5.73 Å². The lowest BCUT2D eigenvalue weighted by Gasteiger charge is -2.10. The molecule has 1 atom stereocenters. The fourth-order valence-corrected chi connectivity index (χ4v) is 2.84. The average Bonchev–Trinajstić information content (AvgIpc) is 2.78. The van der Waals surface area contributed by atoms with Crippen LogP contribution in [0.15, 0.2) is 34.9 Å². The molecule has 2 aromatic rings. The minimum atomic E-state index is 0.0498. The summed E-state index contributed by atoms with van der Waals surface area (Å²) in [6.45, 7) is 2.08. The highest BCUT2D eigenvalue weighted by molar-refractivity contribution is 8.00. The van der Waals surface area contributed by atoms with Gasteiger partial charge in [0.25, 0.3) is 0 Å². The molecule has 0 aliphatic heterocycles. The Bertz CT molecular complexity index is 442. The second-order valence-electron chi connectivity index (χ2n) is 3.54. The molecule has 84 valence electrons. The Morgan fingerprint density at radius 2 is 2.38 bits per heavy atom. The zero-order valence-electron chi connectivity index (χ0n) is 8.96. The molecule has 0 saturated carbocycles. The molecule has 1 aromatic heterocycles. The molecule has 0 aliphatic rings. The molecule has 2 rings (SSSR count). The van der Waals surface area contributed by atoms with E-state index in [4.69, 9.17) is 5.73 Å². The van der Waals surface area contributed by atoms with Crippen molar-refractivity contribution in [2.45, 2.75) is 17.3 Å². The number of hydrogen-bond donors (Lipinski definition) is 1. The molecule has 0 bridgehead atoms. The third kappa shape index (κ3) is 3.04. The van der Waals surface area contributed by atoms with E-state index in [1.165, 1.54) is 22.7 Å². The van der Waals surface area contributed by atoms with Crippen LogP contribution in [0.4, 0.5) is 0 Å². The van der Waals surface area contributed by atoms with Crippen LogP contribution in [0.2, 0.25) is 0 Å². The molecular weight excluding hydrogens is 238 g/mol. The molecule has 0 fully saturated rings. The third-order valence-corrected chi connectivity index (χ3v) is 4.11. The van der Waals surface area contributed by atoms with Crippen LogP contribution in [0.5, 0.6) is 0 Å². The molecule has 0 amide bonds. The maximum absolute atomic E-state index is 6.12. The van der Waals surface area contributed by atoms with Gasteiger partial charge in [-0.3, -0.25) is 0 Å². The smallest absolute Gasteiger partial charge is 0.169 e. The zero-order valence-corrected chi connectivity index (χ0v) is 10.6.